The SMILES string of the molecule is CCCCc1c(C)nc2nc(SCC(=O)c3ccc[nH]3)nn2c1C. The Labute approximate surface area is 145 Å². The van der Waals surface area contributed by atoms with Crippen LogP contribution in [0, 0.1) is 13.8 Å². The fourth-order valence-electron chi connectivity index (χ4n) is 2.68. The van der Waals surface area contributed by atoms with E-state index in [9.17, 15) is 4.79 Å². The highest BCUT2D eigenvalue weighted by atomic mass is 32.2. The van der Waals surface area contributed by atoms with E-state index >= 15 is 0 Å². The number of fused-ring (bicyclic) bond motifs is 1. The van der Waals surface area contributed by atoms with Gasteiger partial charge >= 0.3 is 0 Å². The molecular weight excluding hydrogens is 322 g/mol. The minimum atomic E-state index is 0.0355. The number of nitrogens with zero attached hydrogens (tertiary/aromatic N) is 4. The third-order valence-corrected chi connectivity index (χ3v) is 4.88. The Bertz CT molecular complexity index is 854. The third kappa shape index (κ3) is 3.36. The molecule has 1 N–H and O–H groups in total. The molecule has 0 atom stereocenters. The summed E-state index contributed by atoms with van der Waals surface area (Å²) in [5.74, 6) is 0.936. The zero-order chi connectivity index (χ0) is 17.1. The van der Waals surface area contributed by atoms with Crippen LogP contribution in [0.25, 0.3) is 5.78 Å². The van der Waals surface area contributed by atoms with Crippen molar-refractivity contribution in [1.82, 2.24) is 24.6 Å². The largest absolute Gasteiger partial charge is 0.359 e. The summed E-state index contributed by atoms with van der Waals surface area (Å²) in [6.07, 6.45) is 5.03. The van der Waals surface area contributed by atoms with E-state index < -0.39 is 0 Å². The van der Waals surface area contributed by atoms with E-state index in [1.54, 1.807) is 16.8 Å². The van der Waals surface area contributed by atoms with Crippen LogP contribution in [0.3, 0.4) is 0 Å². The lowest BCUT2D eigenvalue weighted by molar-refractivity contribution is 0.101. The maximum absolute atomic E-state index is 12.1. The van der Waals surface area contributed by atoms with Crippen molar-refractivity contribution >= 4 is 23.3 Å². The molecule has 0 spiro atoms. The number of unbranched alkanes of at least 4 members (excludes halogenated alkanes) is 1. The smallest absolute Gasteiger partial charge is 0.253 e. The van der Waals surface area contributed by atoms with E-state index in [2.05, 4.69) is 33.9 Å². The van der Waals surface area contributed by atoms with Gasteiger partial charge in [-0.3, -0.25) is 4.79 Å². The number of carbonyl (C=O) groups is 1. The van der Waals surface area contributed by atoms with Crippen LogP contribution in [0.1, 0.15) is 47.2 Å². The predicted octanol–water partition coefficient (Wildman–Crippen LogP) is 3.39. The van der Waals surface area contributed by atoms with Gasteiger partial charge in [0, 0.05) is 17.6 Å². The first-order valence-corrected chi connectivity index (χ1v) is 9.11. The Morgan fingerprint density at radius 2 is 2.17 bits per heavy atom. The Kier molecular flexibility index (Phi) is 4.99. The molecule has 0 amide bonds. The lowest BCUT2D eigenvalue weighted by Gasteiger charge is -2.09. The summed E-state index contributed by atoms with van der Waals surface area (Å²) in [4.78, 5) is 24.0. The quantitative estimate of drug-likeness (QED) is 0.526. The topological polar surface area (TPSA) is 75.9 Å². The molecule has 24 heavy (non-hydrogen) atoms. The van der Waals surface area contributed by atoms with Crippen molar-refractivity contribution in [3.05, 3.63) is 41.0 Å². The average molecular weight is 343 g/mol. The molecule has 126 valence electrons. The number of rotatable bonds is 7. The molecule has 0 fully saturated rings. The van der Waals surface area contributed by atoms with Crippen molar-refractivity contribution in [2.24, 2.45) is 0 Å². The van der Waals surface area contributed by atoms with E-state index in [0.717, 1.165) is 30.7 Å². The van der Waals surface area contributed by atoms with Crippen LogP contribution < -0.4 is 0 Å². The van der Waals surface area contributed by atoms with Crippen LogP contribution in [0.4, 0.5) is 0 Å². The van der Waals surface area contributed by atoms with Crippen LogP contribution in [-0.2, 0) is 6.42 Å². The number of hydrogen-bond donors (Lipinski definition) is 1. The van der Waals surface area contributed by atoms with Crippen LogP contribution in [0.2, 0.25) is 0 Å². The molecule has 0 aromatic carbocycles. The van der Waals surface area contributed by atoms with Crippen LogP contribution >= 0.6 is 11.8 Å². The van der Waals surface area contributed by atoms with Crippen molar-refractivity contribution in [3.8, 4) is 0 Å². The van der Waals surface area contributed by atoms with E-state index in [1.807, 2.05) is 13.0 Å². The number of Topliss-reactive ketones (excluding diaryl/α,β-unsaturated/α-hetero) is 1. The molecule has 7 heteroatoms. The van der Waals surface area contributed by atoms with Gasteiger partial charge < -0.3 is 4.98 Å². The fraction of sp³-hybridized carbons (Fsp3) is 0.412. The summed E-state index contributed by atoms with van der Waals surface area (Å²) in [6.45, 7) is 6.26. The van der Waals surface area contributed by atoms with Gasteiger partial charge in [0.1, 0.15) is 0 Å². The molecule has 3 aromatic rings. The third-order valence-electron chi connectivity index (χ3n) is 4.04. The maximum atomic E-state index is 12.1. The van der Waals surface area contributed by atoms with Crippen molar-refractivity contribution in [2.75, 3.05) is 5.75 Å². The Morgan fingerprint density at radius 1 is 1.33 bits per heavy atom. The number of aryl methyl sites for hydroxylation is 2. The van der Waals surface area contributed by atoms with Gasteiger partial charge in [-0.1, -0.05) is 25.1 Å². The second-order valence-electron chi connectivity index (χ2n) is 5.77. The molecule has 3 aromatic heterocycles. The maximum Gasteiger partial charge on any atom is 0.253 e. The first-order chi connectivity index (χ1) is 11.6. The van der Waals surface area contributed by atoms with Crippen molar-refractivity contribution in [1.29, 1.82) is 0 Å². The zero-order valence-corrected chi connectivity index (χ0v) is 15.0. The van der Waals surface area contributed by atoms with Gasteiger partial charge in [-0.15, -0.1) is 5.10 Å². The number of aromatic amines is 1. The summed E-state index contributed by atoms with van der Waals surface area (Å²) in [5.41, 5.74) is 3.95. The second-order valence-corrected chi connectivity index (χ2v) is 6.71. The van der Waals surface area contributed by atoms with Crippen LogP contribution in [0.15, 0.2) is 23.5 Å². The van der Waals surface area contributed by atoms with Crippen molar-refractivity contribution in [3.63, 3.8) is 0 Å². The summed E-state index contributed by atoms with van der Waals surface area (Å²) in [5, 5.41) is 5.10. The standard InChI is InChI=1S/C17H21N5OS/c1-4-5-7-13-11(2)19-16-20-17(21-22(16)12(13)3)24-10-15(23)14-8-6-9-18-14/h6,8-9,18H,4-5,7,10H2,1-3H3. The number of carbonyl (C=O) groups excluding carboxylic acids is 1. The van der Waals surface area contributed by atoms with Crippen LogP contribution in [-0.4, -0.2) is 36.1 Å². The van der Waals surface area contributed by atoms with Gasteiger partial charge in [-0.2, -0.15) is 4.98 Å². The number of ketones is 1. The van der Waals surface area contributed by atoms with E-state index in [0.29, 0.717) is 22.4 Å². The summed E-state index contributed by atoms with van der Waals surface area (Å²) < 4.78 is 1.79. The molecule has 3 rings (SSSR count). The average Bonchev–Trinajstić information content (AvgIpc) is 3.22. The van der Waals surface area contributed by atoms with Gasteiger partial charge in [0.05, 0.1) is 11.4 Å². The molecule has 0 radical (unpaired) electrons. The Morgan fingerprint density at radius 3 is 2.88 bits per heavy atom. The molecule has 6 nitrogen and oxygen atoms in total. The lowest BCUT2D eigenvalue weighted by Crippen LogP contribution is -2.05. The molecule has 3 heterocycles. The highest BCUT2D eigenvalue weighted by molar-refractivity contribution is 7.99. The number of nitrogens with one attached hydrogen (secondary N) is 1. The van der Waals surface area contributed by atoms with Gasteiger partial charge in [-0.25, -0.2) is 9.50 Å². The Hall–Kier alpha value is -2.15. The molecule has 0 unspecified atom stereocenters. The number of H-pyrrole nitrogens is 1. The van der Waals surface area contributed by atoms with Crippen LogP contribution in [0.5, 0.6) is 0 Å². The van der Waals surface area contributed by atoms with Gasteiger partial charge in [0.25, 0.3) is 5.78 Å². The van der Waals surface area contributed by atoms with E-state index in [1.165, 1.54) is 17.3 Å². The van der Waals surface area contributed by atoms with E-state index in [-0.39, 0.29) is 5.78 Å². The summed E-state index contributed by atoms with van der Waals surface area (Å²) in [6, 6.07) is 3.59. The first-order valence-electron chi connectivity index (χ1n) is 8.12. The number of hydrogen-bond acceptors (Lipinski definition) is 5. The lowest BCUT2D eigenvalue weighted by atomic mass is 10.1. The molecule has 0 saturated carbocycles. The second kappa shape index (κ2) is 7.17. The predicted molar refractivity (Wildman–Crippen MR) is 94.7 cm³/mol. The fourth-order valence-corrected chi connectivity index (χ4v) is 3.38. The molecule has 0 aliphatic carbocycles. The Balaban J connectivity index is 1.80. The minimum absolute atomic E-state index is 0.0355. The molecule has 0 aliphatic heterocycles. The highest BCUT2D eigenvalue weighted by Gasteiger charge is 2.15. The number of thioether (sulfide) groups is 1. The summed E-state index contributed by atoms with van der Waals surface area (Å²) in [7, 11) is 0. The zero-order valence-electron chi connectivity index (χ0n) is 14.2. The summed E-state index contributed by atoms with van der Waals surface area (Å²) >= 11 is 1.34. The van der Waals surface area contributed by atoms with Gasteiger partial charge in [0.2, 0.25) is 5.16 Å². The number of aromatic nitrogens is 5. The molecule has 0 bridgehead atoms. The minimum Gasteiger partial charge on any atom is -0.359 e. The van der Waals surface area contributed by atoms with Gasteiger partial charge in [-0.05, 0) is 44.4 Å². The van der Waals surface area contributed by atoms with E-state index in [4.69, 9.17) is 0 Å². The molecular formula is C17H21N5OS. The normalized spacial score (nSPS) is 11.3. The molecule has 0 saturated heterocycles. The molecule has 0 aliphatic rings. The van der Waals surface area contributed by atoms with Crippen molar-refractivity contribution < 1.29 is 4.79 Å². The highest BCUT2D eigenvalue weighted by Crippen LogP contribution is 2.20. The monoisotopic (exact) mass is 343 g/mol. The van der Waals surface area contributed by atoms with Crippen molar-refractivity contribution in [2.45, 2.75) is 45.2 Å². The first kappa shape index (κ1) is 16.7. The van der Waals surface area contributed by atoms with Gasteiger partial charge in [0.15, 0.2) is 5.78 Å².